The van der Waals surface area contributed by atoms with Crippen LogP contribution in [0.2, 0.25) is 0 Å². The van der Waals surface area contributed by atoms with Crippen LogP contribution in [-0.4, -0.2) is 30.4 Å². The molecule has 0 aromatic heterocycles. The Balaban J connectivity index is 3.52. The van der Waals surface area contributed by atoms with Gasteiger partial charge in [-0.05, 0) is 46.8 Å². The fourth-order valence-corrected chi connectivity index (χ4v) is 2.51. The fraction of sp³-hybridized carbons (Fsp3) is 0.500. The molecule has 1 amide bonds. The summed E-state index contributed by atoms with van der Waals surface area (Å²) in [5, 5.41) is 8.44. The molecule has 1 aromatic carbocycles. The van der Waals surface area contributed by atoms with Crippen LogP contribution in [0.15, 0.2) is 12.1 Å². The minimum Gasteiger partial charge on any atom is -0.465 e. The van der Waals surface area contributed by atoms with E-state index in [1.807, 2.05) is 4.72 Å². The van der Waals surface area contributed by atoms with E-state index in [9.17, 15) is 27.1 Å². The van der Waals surface area contributed by atoms with E-state index in [1.54, 1.807) is 0 Å². The summed E-state index contributed by atoms with van der Waals surface area (Å²) >= 11 is 0. The number of amides is 1. The van der Waals surface area contributed by atoms with Gasteiger partial charge in [0.05, 0.1) is 10.9 Å². The average molecular weight is 350 g/mol. The summed E-state index contributed by atoms with van der Waals surface area (Å²) < 4.78 is 54.3. The molecule has 0 saturated carbocycles. The van der Waals surface area contributed by atoms with Gasteiger partial charge in [0, 0.05) is 5.54 Å². The highest BCUT2D eigenvalue weighted by molar-refractivity contribution is 7.93. The van der Waals surface area contributed by atoms with Crippen molar-refractivity contribution in [2.24, 2.45) is 0 Å². The molecule has 0 aliphatic carbocycles. The Morgan fingerprint density at radius 3 is 2.17 bits per heavy atom. The van der Waals surface area contributed by atoms with Crippen LogP contribution >= 0.6 is 0 Å². The minimum absolute atomic E-state index is 0.509. The van der Waals surface area contributed by atoms with Gasteiger partial charge in [-0.2, -0.15) is 0 Å². The van der Waals surface area contributed by atoms with Crippen molar-refractivity contribution in [1.29, 1.82) is 0 Å². The second-order valence-corrected chi connectivity index (χ2v) is 8.48. The lowest BCUT2D eigenvalue weighted by Crippen LogP contribution is -2.46. The van der Waals surface area contributed by atoms with E-state index in [1.165, 1.54) is 34.6 Å². The molecule has 0 aliphatic heterocycles. The first kappa shape index (κ1) is 19.1. The molecule has 6 nitrogen and oxygen atoms in total. The minimum atomic E-state index is -3.86. The van der Waals surface area contributed by atoms with Gasteiger partial charge in [0.25, 0.3) is 0 Å². The van der Waals surface area contributed by atoms with Crippen molar-refractivity contribution in [3.63, 3.8) is 0 Å². The van der Waals surface area contributed by atoms with Crippen molar-refractivity contribution in [2.75, 3.05) is 9.62 Å². The summed E-state index contributed by atoms with van der Waals surface area (Å²) in [4.78, 5) is 11.9. The third-order valence-corrected chi connectivity index (χ3v) is 4.77. The zero-order valence-corrected chi connectivity index (χ0v) is 14.3. The highest BCUT2D eigenvalue weighted by Crippen LogP contribution is 2.34. The van der Waals surface area contributed by atoms with Crippen molar-refractivity contribution in [1.82, 2.24) is 0 Å². The molecule has 23 heavy (non-hydrogen) atoms. The molecule has 0 radical (unpaired) electrons. The zero-order valence-electron chi connectivity index (χ0n) is 13.5. The SMILES string of the molecule is CC(C)S(=O)(=O)Nc1ccc(F)c(N(C(=O)O)C(C)(C)C)c1F. The van der Waals surface area contributed by atoms with E-state index in [0.29, 0.717) is 4.90 Å². The van der Waals surface area contributed by atoms with Crippen LogP contribution in [0.4, 0.5) is 25.0 Å². The standard InChI is InChI=1S/C14H20F2N2O4S/c1-8(2)23(21,22)17-10-7-6-9(15)12(11(10)16)18(13(19)20)14(3,4)5/h6-8,17H,1-5H3,(H,19,20). The van der Waals surface area contributed by atoms with Crippen molar-refractivity contribution in [3.05, 3.63) is 23.8 Å². The van der Waals surface area contributed by atoms with Crippen LogP contribution in [0.3, 0.4) is 0 Å². The van der Waals surface area contributed by atoms with Crippen LogP contribution in [0.5, 0.6) is 0 Å². The lowest BCUT2D eigenvalue weighted by molar-refractivity contribution is 0.195. The van der Waals surface area contributed by atoms with Gasteiger partial charge in [0.15, 0.2) is 5.82 Å². The summed E-state index contributed by atoms with van der Waals surface area (Å²) in [6, 6.07) is 1.73. The Morgan fingerprint density at radius 2 is 1.78 bits per heavy atom. The number of anilines is 2. The molecule has 0 unspecified atom stereocenters. The number of hydrogen-bond acceptors (Lipinski definition) is 3. The predicted molar refractivity (Wildman–Crippen MR) is 84.3 cm³/mol. The van der Waals surface area contributed by atoms with Gasteiger partial charge in [-0.15, -0.1) is 0 Å². The fourth-order valence-electron chi connectivity index (χ4n) is 1.81. The Hall–Kier alpha value is -1.90. The van der Waals surface area contributed by atoms with Crippen molar-refractivity contribution < 1.29 is 27.1 Å². The van der Waals surface area contributed by atoms with E-state index in [0.717, 1.165) is 12.1 Å². The van der Waals surface area contributed by atoms with Crippen LogP contribution in [0.25, 0.3) is 0 Å². The number of hydrogen-bond donors (Lipinski definition) is 2. The first-order valence-corrected chi connectivity index (χ1v) is 8.36. The number of halogens is 2. The molecule has 2 N–H and O–H groups in total. The molecule has 0 atom stereocenters. The normalized spacial score (nSPS) is 12.3. The number of sulfonamides is 1. The molecular formula is C14H20F2N2O4S. The van der Waals surface area contributed by atoms with Crippen molar-refractivity contribution >= 4 is 27.5 Å². The predicted octanol–water partition coefficient (Wildman–Crippen LogP) is 3.40. The molecule has 0 bridgehead atoms. The monoisotopic (exact) mass is 350 g/mol. The second kappa shape index (κ2) is 6.31. The van der Waals surface area contributed by atoms with E-state index in [-0.39, 0.29) is 0 Å². The molecule has 130 valence electrons. The molecule has 0 aliphatic rings. The van der Waals surface area contributed by atoms with Gasteiger partial charge in [-0.3, -0.25) is 9.62 Å². The average Bonchev–Trinajstić information content (AvgIpc) is 2.35. The van der Waals surface area contributed by atoms with Gasteiger partial charge in [-0.1, -0.05) is 0 Å². The third kappa shape index (κ3) is 4.10. The van der Waals surface area contributed by atoms with E-state index < -0.39 is 49.9 Å². The highest BCUT2D eigenvalue weighted by atomic mass is 32.2. The number of rotatable bonds is 4. The molecule has 0 saturated heterocycles. The molecule has 0 fully saturated rings. The number of nitrogens with one attached hydrogen (secondary N) is 1. The molecule has 0 spiro atoms. The first-order valence-electron chi connectivity index (χ1n) is 6.82. The maximum Gasteiger partial charge on any atom is 0.412 e. The van der Waals surface area contributed by atoms with Crippen molar-refractivity contribution in [3.8, 4) is 0 Å². The highest BCUT2D eigenvalue weighted by Gasteiger charge is 2.34. The van der Waals surface area contributed by atoms with E-state index in [2.05, 4.69) is 0 Å². The lowest BCUT2D eigenvalue weighted by Gasteiger charge is -2.33. The second-order valence-electron chi connectivity index (χ2n) is 6.24. The van der Waals surface area contributed by atoms with Crippen LogP contribution in [-0.2, 0) is 10.0 Å². The Labute approximate surface area is 134 Å². The molecule has 1 rings (SSSR count). The quantitative estimate of drug-likeness (QED) is 0.871. The van der Waals surface area contributed by atoms with Gasteiger partial charge < -0.3 is 5.11 Å². The smallest absolute Gasteiger partial charge is 0.412 e. The summed E-state index contributed by atoms with van der Waals surface area (Å²) in [6.45, 7) is 7.17. The summed E-state index contributed by atoms with van der Waals surface area (Å²) in [6.07, 6.45) is -1.56. The summed E-state index contributed by atoms with van der Waals surface area (Å²) in [7, 11) is -3.86. The van der Waals surface area contributed by atoms with Crippen LogP contribution in [0, 0.1) is 11.6 Å². The molecule has 9 heteroatoms. The number of nitrogens with zero attached hydrogens (tertiary/aromatic N) is 1. The van der Waals surface area contributed by atoms with Gasteiger partial charge >= 0.3 is 6.09 Å². The maximum atomic E-state index is 14.6. The number of benzene rings is 1. The first-order chi connectivity index (χ1) is 10.3. The Kier molecular flexibility index (Phi) is 5.25. The van der Waals surface area contributed by atoms with E-state index in [4.69, 9.17) is 0 Å². The maximum absolute atomic E-state index is 14.6. The van der Waals surface area contributed by atoms with Gasteiger partial charge in [0.2, 0.25) is 10.0 Å². The molecule has 0 heterocycles. The topological polar surface area (TPSA) is 86.7 Å². The largest absolute Gasteiger partial charge is 0.465 e. The Bertz CT molecular complexity index is 712. The summed E-state index contributed by atoms with van der Waals surface area (Å²) in [5.41, 5.74) is -2.47. The Morgan fingerprint density at radius 1 is 1.26 bits per heavy atom. The summed E-state index contributed by atoms with van der Waals surface area (Å²) in [5.74, 6) is -2.39. The van der Waals surface area contributed by atoms with Gasteiger partial charge in [0.1, 0.15) is 11.5 Å². The number of carbonyl (C=O) groups is 1. The molecule has 1 aromatic rings. The van der Waals surface area contributed by atoms with Gasteiger partial charge in [-0.25, -0.2) is 22.0 Å². The van der Waals surface area contributed by atoms with Crippen LogP contribution < -0.4 is 9.62 Å². The van der Waals surface area contributed by atoms with E-state index >= 15 is 0 Å². The molecular weight excluding hydrogens is 330 g/mol. The lowest BCUT2D eigenvalue weighted by atomic mass is 10.0. The third-order valence-electron chi connectivity index (χ3n) is 3.03. The van der Waals surface area contributed by atoms with Crippen LogP contribution in [0.1, 0.15) is 34.6 Å². The zero-order chi connectivity index (χ0) is 18.2. The van der Waals surface area contributed by atoms with Crippen molar-refractivity contribution in [2.45, 2.75) is 45.4 Å². The number of carboxylic acid groups (broad SMARTS) is 1.